The maximum absolute atomic E-state index is 11.9. The van der Waals surface area contributed by atoms with Gasteiger partial charge in [-0.15, -0.1) is 0 Å². The summed E-state index contributed by atoms with van der Waals surface area (Å²) >= 11 is 1.80. The van der Waals surface area contributed by atoms with Crippen molar-refractivity contribution in [2.45, 2.75) is 38.4 Å². The zero-order valence-electron chi connectivity index (χ0n) is 15.6. The van der Waals surface area contributed by atoms with E-state index < -0.39 is 0 Å². The largest absolute Gasteiger partial charge is 0.493 e. The highest BCUT2D eigenvalue weighted by atomic mass is 32.2. The average molecular weight is 372 g/mol. The van der Waals surface area contributed by atoms with Crippen LogP contribution in [0.5, 0.6) is 5.75 Å². The lowest BCUT2D eigenvalue weighted by Gasteiger charge is -2.11. The van der Waals surface area contributed by atoms with E-state index in [0.29, 0.717) is 13.0 Å². The molecule has 0 saturated heterocycles. The minimum Gasteiger partial charge on any atom is -0.493 e. The van der Waals surface area contributed by atoms with Crippen molar-refractivity contribution >= 4 is 17.7 Å². The van der Waals surface area contributed by atoms with Crippen molar-refractivity contribution in [1.82, 2.24) is 5.32 Å². The summed E-state index contributed by atoms with van der Waals surface area (Å²) in [4.78, 5) is 11.9. The summed E-state index contributed by atoms with van der Waals surface area (Å²) in [5, 5.41) is 3.02. The molecule has 0 radical (unpaired) electrons. The standard InChI is InChI=1S/C22H29NO2S/c1-2-16-25-21-13-7-6-11-20(21)12-8-15-23-22(24)14-17-26-18-19-9-4-3-5-10-19/h3-7,9-11,13H,2,8,12,14-18H2,1H3,(H,23,24). The Labute approximate surface area is 161 Å². The Balaban J connectivity index is 1.57. The molecule has 0 aliphatic carbocycles. The molecule has 0 spiro atoms. The number of benzene rings is 2. The Morgan fingerprint density at radius 3 is 2.65 bits per heavy atom. The molecular formula is C22H29NO2S. The van der Waals surface area contributed by atoms with Crippen LogP contribution < -0.4 is 10.1 Å². The van der Waals surface area contributed by atoms with Gasteiger partial charge in [0.05, 0.1) is 6.61 Å². The molecule has 140 valence electrons. The van der Waals surface area contributed by atoms with E-state index in [1.807, 2.05) is 36.4 Å². The fourth-order valence-corrected chi connectivity index (χ4v) is 3.49. The molecule has 2 aromatic carbocycles. The summed E-state index contributed by atoms with van der Waals surface area (Å²) < 4.78 is 5.78. The van der Waals surface area contributed by atoms with Crippen LogP contribution in [-0.4, -0.2) is 24.8 Å². The normalized spacial score (nSPS) is 10.5. The number of rotatable bonds is 12. The second-order valence-electron chi connectivity index (χ2n) is 6.20. The fraction of sp³-hybridized carbons (Fsp3) is 0.409. The number of thioether (sulfide) groups is 1. The predicted molar refractivity (Wildman–Crippen MR) is 111 cm³/mol. The van der Waals surface area contributed by atoms with Gasteiger partial charge in [0.15, 0.2) is 0 Å². The third kappa shape index (κ3) is 7.96. The zero-order chi connectivity index (χ0) is 18.5. The van der Waals surface area contributed by atoms with Gasteiger partial charge in [0.1, 0.15) is 5.75 Å². The zero-order valence-corrected chi connectivity index (χ0v) is 16.4. The average Bonchev–Trinajstić information content (AvgIpc) is 2.68. The van der Waals surface area contributed by atoms with Gasteiger partial charge in [-0.2, -0.15) is 11.8 Å². The van der Waals surface area contributed by atoms with Crippen LogP contribution in [0.4, 0.5) is 0 Å². The number of aryl methyl sites for hydroxylation is 1. The molecule has 3 nitrogen and oxygen atoms in total. The van der Waals surface area contributed by atoms with Crippen LogP contribution in [0, 0.1) is 0 Å². The molecule has 0 unspecified atom stereocenters. The third-order valence-electron chi connectivity index (χ3n) is 3.96. The lowest BCUT2D eigenvalue weighted by molar-refractivity contribution is -0.120. The van der Waals surface area contributed by atoms with Crippen molar-refractivity contribution in [3.8, 4) is 5.75 Å². The molecule has 0 aromatic heterocycles. The number of nitrogens with one attached hydrogen (secondary N) is 1. The van der Waals surface area contributed by atoms with Crippen molar-refractivity contribution in [3.63, 3.8) is 0 Å². The van der Waals surface area contributed by atoms with Crippen LogP contribution in [-0.2, 0) is 17.0 Å². The second-order valence-corrected chi connectivity index (χ2v) is 7.30. The number of carbonyl (C=O) groups excluding carboxylic acids is 1. The molecule has 26 heavy (non-hydrogen) atoms. The first-order chi connectivity index (χ1) is 12.8. The monoisotopic (exact) mass is 371 g/mol. The van der Waals surface area contributed by atoms with E-state index in [2.05, 4.69) is 30.4 Å². The van der Waals surface area contributed by atoms with Gasteiger partial charge in [0.25, 0.3) is 0 Å². The van der Waals surface area contributed by atoms with Gasteiger partial charge in [-0.1, -0.05) is 55.5 Å². The number of ether oxygens (including phenoxy) is 1. The first-order valence-electron chi connectivity index (χ1n) is 9.38. The smallest absolute Gasteiger partial charge is 0.220 e. The van der Waals surface area contributed by atoms with Crippen LogP contribution in [0.2, 0.25) is 0 Å². The number of amides is 1. The molecule has 1 amide bonds. The van der Waals surface area contributed by atoms with E-state index >= 15 is 0 Å². The molecule has 0 aliphatic rings. The number of para-hydroxylation sites is 1. The van der Waals surface area contributed by atoms with Crippen molar-refractivity contribution in [2.24, 2.45) is 0 Å². The lowest BCUT2D eigenvalue weighted by atomic mass is 10.1. The molecule has 2 rings (SSSR count). The molecule has 0 aliphatic heterocycles. The Kier molecular flexibility index (Phi) is 9.73. The van der Waals surface area contributed by atoms with Gasteiger partial charge in [-0.25, -0.2) is 0 Å². The summed E-state index contributed by atoms with van der Waals surface area (Å²) in [5.41, 5.74) is 2.52. The van der Waals surface area contributed by atoms with Crippen molar-refractivity contribution < 1.29 is 9.53 Å². The highest BCUT2D eigenvalue weighted by Crippen LogP contribution is 2.19. The molecule has 0 saturated carbocycles. The maximum atomic E-state index is 11.9. The third-order valence-corrected chi connectivity index (χ3v) is 4.99. The molecule has 0 fully saturated rings. The summed E-state index contributed by atoms with van der Waals surface area (Å²) in [6.07, 6.45) is 3.43. The first kappa shape index (κ1) is 20.4. The van der Waals surface area contributed by atoms with Gasteiger partial charge in [-0.3, -0.25) is 4.79 Å². The molecule has 0 atom stereocenters. The van der Waals surface area contributed by atoms with E-state index in [1.54, 1.807) is 11.8 Å². The van der Waals surface area contributed by atoms with Crippen LogP contribution >= 0.6 is 11.8 Å². The number of hydrogen-bond donors (Lipinski definition) is 1. The molecule has 0 bridgehead atoms. The van der Waals surface area contributed by atoms with Crippen LogP contribution in [0.15, 0.2) is 54.6 Å². The van der Waals surface area contributed by atoms with E-state index in [4.69, 9.17) is 4.74 Å². The lowest BCUT2D eigenvalue weighted by Crippen LogP contribution is -2.25. The van der Waals surface area contributed by atoms with Gasteiger partial charge < -0.3 is 10.1 Å². The Morgan fingerprint density at radius 2 is 1.85 bits per heavy atom. The molecule has 4 heteroatoms. The maximum Gasteiger partial charge on any atom is 0.220 e. The summed E-state index contributed by atoms with van der Waals surface area (Å²) in [7, 11) is 0. The Morgan fingerprint density at radius 1 is 1.08 bits per heavy atom. The fourth-order valence-electron chi connectivity index (χ4n) is 2.59. The Bertz CT molecular complexity index is 646. The second kappa shape index (κ2) is 12.4. The van der Waals surface area contributed by atoms with E-state index in [0.717, 1.165) is 43.1 Å². The molecule has 2 aromatic rings. The van der Waals surface area contributed by atoms with Gasteiger partial charge in [-0.05, 0) is 36.5 Å². The molecule has 0 heterocycles. The van der Waals surface area contributed by atoms with E-state index in [-0.39, 0.29) is 5.91 Å². The van der Waals surface area contributed by atoms with Crippen LogP contribution in [0.1, 0.15) is 37.3 Å². The highest BCUT2D eigenvalue weighted by molar-refractivity contribution is 7.98. The van der Waals surface area contributed by atoms with Gasteiger partial charge >= 0.3 is 0 Å². The number of carbonyl (C=O) groups is 1. The topological polar surface area (TPSA) is 38.3 Å². The summed E-state index contributed by atoms with van der Waals surface area (Å²) in [6.45, 7) is 3.56. The van der Waals surface area contributed by atoms with Crippen LogP contribution in [0.3, 0.4) is 0 Å². The summed E-state index contributed by atoms with van der Waals surface area (Å²) in [6, 6.07) is 18.5. The minimum atomic E-state index is 0.140. The van der Waals surface area contributed by atoms with Gasteiger partial charge in [0.2, 0.25) is 5.91 Å². The van der Waals surface area contributed by atoms with E-state index in [9.17, 15) is 4.79 Å². The van der Waals surface area contributed by atoms with E-state index in [1.165, 1.54) is 11.1 Å². The number of hydrogen-bond acceptors (Lipinski definition) is 3. The SMILES string of the molecule is CCCOc1ccccc1CCCNC(=O)CCSCc1ccccc1. The van der Waals surface area contributed by atoms with Crippen molar-refractivity contribution in [3.05, 3.63) is 65.7 Å². The van der Waals surface area contributed by atoms with Crippen molar-refractivity contribution in [2.75, 3.05) is 18.9 Å². The first-order valence-corrected chi connectivity index (χ1v) is 10.5. The van der Waals surface area contributed by atoms with Crippen molar-refractivity contribution in [1.29, 1.82) is 0 Å². The van der Waals surface area contributed by atoms with Crippen LogP contribution in [0.25, 0.3) is 0 Å². The molecular weight excluding hydrogens is 342 g/mol. The Hall–Kier alpha value is -1.94. The predicted octanol–water partition coefficient (Wildman–Crippen LogP) is 4.85. The molecule has 1 N–H and O–H groups in total. The quantitative estimate of drug-likeness (QED) is 0.542. The van der Waals surface area contributed by atoms with Gasteiger partial charge in [0, 0.05) is 24.5 Å². The minimum absolute atomic E-state index is 0.140. The summed E-state index contributed by atoms with van der Waals surface area (Å²) in [5.74, 6) is 2.93. The highest BCUT2D eigenvalue weighted by Gasteiger charge is 2.04.